The predicted octanol–water partition coefficient (Wildman–Crippen LogP) is 5.16. The molecule has 2 aromatic heterocycles. The third-order valence-corrected chi connectivity index (χ3v) is 4.46. The number of nitrogens with zero attached hydrogens (tertiary/aromatic N) is 3. The van der Waals surface area contributed by atoms with Gasteiger partial charge in [0.2, 0.25) is 5.88 Å². The summed E-state index contributed by atoms with van der Waals surface area (Å²) in [6.07, 6.45) is 0. The summed E-state index contributed by atoms with van der Waals surface area (Å²) in [6.45, 7) is 0. The quantitative estimate of drug-likeness (QED) is 0.513. The van der Waals surface area contributed by atoms with Crippen molar-refractivity contribution in [2.45, 2.75) is 0 Å². The fourth-order valence-electron chi connectivity index (χ4n) is 2.34. The lowest BCUT2D eigenvalue weighted by molar-refractivity contribution is 0.470. The normalized spacial score (nSPS) is 10.6. The van der Waals surface area contributed by atoms with Crippen LogP contribution < -0.4 is 4.74 Å². The van der Waals surface area contributed by atoms with Gasteiger partial charge in [0.1, 0.15) is 16.3 Å². The van der Waals surface area contributed by atoms with Crippen LogP contribution in [0.5, 0.6) is 11.6 Å². The lowest BCUT2D eigenvalue weighted by atomic mass is 10.2. The van der Waals surface area contributed by atoms with Gasteiger partial charge in [-0.05, 0) is 60.0 Å². The molecule has 6 heteroatoms. The minimum atomic E-state index is -0.311. The molecule has 0 saturated heterocycles. The highest BCUT2D eigenvalue weighted by molar-refractivity contribution is 7.17. The molecule has 0 radical (unpaired) electrons. The van der Waals surface area contributed by atoms with E-state index in [9.17, 15) is 4.39 Å². The van der Waals surface area contributed by atoms with E-state index in [-0.39, 0.29) is 5.82 Å². The molecule has 0 aliphatic carbocycles. The summed E-state index contributed by atoms with van der Waals surface area (Å²) >= 11 is 1.48. The second-order valence-corrected chi connectivity index (χ2v) is 6.15. The second kappa shape index (κ2) is 6.30. The molecule has 4 rings (SSSR count). The van der Waals surface area contributed by atoms with Crippen LogP contribution in [0.25, 0.3) is 21.6 Å². The monoisotopic (exact) mass is 347 g/mol. The summed E-state index contributed by atoms with van der Waals surface area (Å²) in [6, 6.07) is 16.8. The molecule has 0 bridgehead atoms. The van der Waals surface area contributed by atoms with Gasteiger partial charge in [0.05, 0.1) is 17.1 Å². The Morgan fingerprint density at radius 2 is 1.72 bits per heavy atom. The maximum absolute atomic E-state index is 13.1. The Kier molecular flexibility index (Phi) is 3.84. The first-order chi connectivity index (χ1) is 12.2. The molecule has 0 amide bonds. The predicted molar refractivity (Wildman–Crippen MR) is 94.0 cm³/mol. The van der Waals surface area contributed by atoms with E-state index in [1.807, 2.05) is 11.4 Å². The first-order valence-corrected chi connectivity index (χ1v) is 8.30. The Hall–Kier alpha value is -3.30. The average molecular weight is 347 g/mol. The van der Waals surface area contributed by atoms with Gasteiger partial charge in [-0.3, -0.25) is 0 Å². The molecule has 0 unspecified atom stereocenters. The van der Waals surface area contributed by atoms with E-state index in [0.29, 0.717) is 28.6 Å². The van der Waals surface area contributed by atoms with Crippen molar-refractivity contribution in [2.75, 3.05) is 0 Å². The molecule has 2 aromatic carbocycles. The van der Waals surface area contributed by atoms with Crippen molar-refractivity contribution >= 4 is 21.6 Å². The summed E-state index contributed by atoms with van der Waals surface area (Å²) in [5.74, 6) is 1.17. The van der Waals surface area contributed by atoms with Crippen molar-refractivity contribution in [3.8, 4) is 29.1 Å². The van der Waals surface area contributed by atoms with Crippen LogP contribution in [-0.2, 0) is 0 Å². The molecule has 2 heterocycles. The fourth-order valence-corrected chi connectivity index (χ4v) is 3.10. The molecule has 4 aromatic rings. The Bertz CT molecular complexity index is 1080. The van der Waals surface area contributed by atoms with E-state index in [1.165, 1.54) is 23.5 Å². The molecular formula is C19H10FN3OS. The molecule has 25 heavy (non-hydrogen) atoms. The number of hydrogen-bond acceptors (Lipinski definition) is 5. The minimum Gasteiger partial charge on any atom is -0.437 e. The second-order valence-electron chi connectivity index (χ2n) is 5.23. The van der Waals surface area contributed by atoms with Gasteiger partial charge in [-0.1, -0.05) is 0 Å². The zero-order valence-corrected chi connectivity index (χ0v) is 13.6. The number of nitriles is 1. The Labute approximate surface area is 146 Å². The van der Waals surface area contributed by atoms with Crippen molar-refractivity contribution in [1.29, 1.82) is 5.26 Å². The van der Waals surface area contributed by atoms with Crippen molar-refractivity contribution in [1.82, 2.24) is 9.97 Å². The van der Waals surface area contributed by atoms with Crippen LogP contribution in [0.1, 0.15) is 5.56 Å². The highest BCUT2D eigenvalue weighted by Crippen LogP contribution is 2.33. The van der Waals surface area contributed by atoms with Crippen LogP contribution in [0.3, 0.4) is 0 Å². The van der Waals surface area contributed by atoms with E-state index in [2.05, 4.69) is 16.0 Å². The third-order valence-electron chi connectivity index (χ3n) is 3.57. The molecule has 0 atom stereocenters. The molecular weight excluding hydrogens is 337 g/mol. The first-order valence-electron chi connectivity index (χ1n) is 7.42. The van der Waals surface area contributed by atoms with E-state index in [4.69, 9.17) is 10.00 Å². The number of hydrogen-bond donors (Lipinski definition) is 0. The van der Waals surface area contributed by atoms with E-state index >= 15 is 0 Å². The van der Waals surface area contributed by atoms with Crippen LogP contribution in [-0.4, -0.2) is 9.97 Å². The summed E-state index contributed by atoms with van der Waals surface area (Å²) in [7, 11) is 0. The summed E-state index contributed by atoms with van der Waals surface area (Å²) in [5.41, 5.74) is 2.03. The molecule has 4 nitrogen and oxygen atoms in total. The van der Waals surface area contributed by atoms with Crippen LogP contribution >= 0.6 is 11.3 Å². The van der Waals surface area contributed by atoms with Gasteiger partial charge in [0, 0.05) is 5.56 Å². The summed E-state index contributed by atoms with van der Waals surface area (Å²) in [4.78, 5) is 9.02. The lowest BCUT2D eigenvalue weighted by Gasteiger charge is -2.08. The highest BCUT2D eigenvalue weighted by atomic mass is 32.1. The lowest BCUT2D eigenvalue weighted by Crippen LogP contribution is -1.94. The maximum Gasteiger partial charge on any atom is 0.240 e. The Morgan fingerprint density at radius 3 is 2.44 bits per heavy atom. The standard InChI is InChI=1S/C19H10FN3OS/c20-14-5-3-13(4-6-14)18-22-16-9-10-25-17(16)19(23-18)24-15-7-1-12(11-21)2-8-15/h1-10H. The summed E-state index contributed by atoms with van der Waals surface area (Å²) < 4.78 is 19.9. The van der Waals surface area contributed by atoms with E-state index < -0.39 is 0 Å². The van der Waals surface area contributed by atoms with Crippen molar-refractivity contribution < 1.29 is 9.13 Å². The van der Waals surface area contributed by atoms with Crippen molar-refractivity contribution in [3.05, 3.63) is 71.4 Å². The SMILES string of the molecule is N#Cc1ccc(Oc2nc(-c3ccc(F)cc3)nc3ccsc23)cc1. The smallest absolute Gasteiger partial charge is 0.240 e. The highest BCUT2D eigenvalue weighted by Gasteiger charge is 2.13. The van der Waals surface area contributed by atoms with Crippen LogP contribution in [0.15, 0.2) is 60.0 Å². The molecule has 0 aliphatic heterocycles. The topological polar surface area (TPSA) is 58.8 Å². The summed E-state index contributed by atoms with van der Waals surface area (Å²) in [5, 5.41) is 10.8. The van der Waals surface area contributed by atoms with Crippen LogP contribution in [0.2, 0.25) is 0 Å². The molecule has 0 saturated carbocycles. The first kappa shape index (κ1) is 15.2. The Balaban J connectivity index is 1.77. The number of rotatable bonds is 3. The molecule has 0 fully saturated rings. The number of thiophene rings is 1. The number of halogens is 1. The number of ether oxygens (including phenoxy) is 1. The van der Waals surface area contributed by atoms with E-state index in [1.54, 1.807) is 36.4 Å². The van der Waals surface area contributed by atoms with Gasteiger partial charge < -0.3 is 4.74 Å². The maximum atomic E-state index is 13.1. The molecule has 120 valence electrons. The van der Waals surface area contributed by atoms with Crippen LogP contribution in [0, 0.1) is 17.1 Å². The third kappa shape index (κ3) is 3.05. The van der Waals surface area contributed by atoms with E-state index in [0.717, 1.165) is 10.2 Å². The van der Waals surface area contributed by atoms with Crippen LogP contribution in [0.4, 0.5) is 4.39 Å². The largest absolute Gasteiger partial charge is 0.437 e. The van der Waals surface area contributed by atoms with Gasteiger partial charge in [-0.2, -0.15) is 10.2 Å². The van der Waals surface area contributed by atoms with Crippen molar-refractivity contribution in [2.24, 2.45) is 0 Å². The zero-order valence-electron chi connectivity index (χ0n) is 12.8. The molecule has 0 N–H and O–H groups in total. The number of aromatic nitrogens is 2. The van der Waals surface area contributed by atoms with Gasteiger partial charge >= 0.3 is 0 Å². The van der Waals surface area contributed by atoms with Gasteiger partial charge in [-0.25, -0.2) is 9.37 Å². The zero-order chi connectivity index (χ0) is 17.2. The number of benzene rings is 2. The molecule has 0 aliphatic rings. The van der Waals surface area contributed by atoms with Gasteiger partial charge in [0.25, 0.3) is 0 Å². The molecule has 0 spiro atoms. The fraction of sp³-hybridized carbons (Fsp3) is 0. The van der Waals surface area contributed by atoms with Gasteiger partial charge in [-0.15, -0.1) is 11.3 Å². The average Bonchev–Trinajstić information content (AvgIpc) is 3.12. The Morgan fingerprint density at radius 1 is 0.960 bits per heavy atom. The minimum absolute atomic E-state index is 0.311. The van der Waals surface area contributed by atoms with Gasteiger partial charge in [0.15, 0.2) is 5.82 Å². The number of fused-ring (bicyclic) bond motifs is 1. The van der Waals surface area contributed by atoms with Crippen molar-refractivity contribution in [3.63, 3.8) is 0 Å².